The summed E-state index contributed by atoms with van der Waals surface area (Å²) in [5, 5.41) is 40.7. The largest absolute Gasteiger partial charge is 0.374 e. The highest BCUT2D eigenvalue weighted by molar-refractivity contribution is 6.90. The summed E-state index contributed by atoms with van der Waals surface area (Å²) in [6.07, 6.45) is -1.63. The van der Waals surface area contributed by atoms with E-state index in [1.165, 1.54) is 0 Å². The van der Waals surface area contributed by atoms with Crippen LogP contribution < -0.4 is 5.19 Å². The second kappa shape index (κ2) is 5.36. The number of hydrogen-bond donors (Lipinski definition) is 1. The van der Waals surface area contributed by atoms with E-state index in [-0.39, 0.29) is 10.8 Å². The minimum atomic E-state index is -2.30. The quantitative estimate of drug-likeness (QED) is 0.388. The third kappa shape index (κ3) is 2.98. The smallest absolute Gasteiger partial charge is 0.276 e. The van der Waals surface area contributed by atoms with Gasteiger partial charge in [0, 0.05) is 16.8 Å². The zero-order chi connectivity index (χ0) is 15.7. The van der Waals surface area contributed by atoms with Gasteiger partial charge in [-0.1, -0.05) is 19.6 Å². The Labute approximate surface area is 115 Å². The molecule has 0 spiro atoms. The average molecular weight is 295 g/mol. The first kappa shape index (κ1) is 15.7. The van der Waals surface area contributed by atoms with Crippen LogP contribution in [0.2, 0.25) is 19.6 Å². The van der Waals surface area contributed by atoms with Gasteiger partial charge in [0.2, 0.25) is 0 Å². The number of nitriles is 1. The molecule has 20 heavy (non-hydrogen) atoms. The van der Waals surface area contributed by atoms with Crippen LogP contribution in [0, 0.1) is 31.6 Å². The van der Waals surface area contributed by atoms with Gasteiger partial charge in [-0.05, 0) is 0 Å². The molecule has 0 amide bonds. The Morgan fingerprint density at radius 1 is 1.25 bits per heavy atom. The van der Waals surface area contributed by atoms with Gasteiger partial charge in [0.1, 0.15) is 0 Å². The summed E-state index contributed by atoms with van der Waals surface area (Å²) in [7, 11) is -2.30. The molecule has 106 valence electrons. The normalized spacial score (nSPS) is 12.6. The topological polar surface area (TPSA) is 130 Å². The van der Waals surface area contributed by atoms with Gasteiger partial charge in [0.05, 0.1) is 30.1 Å². The van der Waals surface area contributed by atoms with Gasteiger partial charge >= 0.3 is 0 Å². The van der Waals surface area contributed by atoms with Gasteiger partial charge in [-0.25, -0.2) is 0 Å². The lowest BCUT2D eigenvalue weighted by molar-refractivity contribution is -0.393. The number of non-ortho nitro benzene ring substituents is 1. The second-order valence-electron chi connectivity index (χ2n) is 5.22. The van der Waals surface area contributed by atoms with Crippen molar-refractivity contribution in [2.45, 2.75) is 25.7 Å². The van der Waals surface area contributed by atoms with Crippen LogP contribution in [0.15, 0.2) is 12.1 Å². The molecule has 0 saturated heterocycles. The molecule has 1 aromatic carbocycles. The van der Waals surface area contributed by atoms with Gasteiger partial charge < -0.3 is 5.11 Å². The van der Waals surface area contributed by atoms with Gasteiger partial charge in [-0.2, -0.15) is 5.26 Å². The highest BCUT2D eigenvalue weighted by atomic mass is 28.3. The molecule has 1 atom stereocenters. The van der Waals surface area contributed by atoms with E-state index in [0.29, 0.717) is 0 Å². The average Bonchev–Trinajstić information content (AvgIpc) is 2.34. The summed E-state index contributed by atoms with van der Waals surface area (Å²) in [6, 6.07) is 3.47. The SMILES string of the molecule is C[Si](C)(C)c1c(C(O)C#N)cc([N+](=O)[O-])cc1[N+](=O)[O-]. The van der Waals surface area contributed by atoms with Crippen molar-refractivity contribution in [1.29, 1.82) is 5.26 Å². The standard InChI is InChI=1S/C11H13N3O5Si/c1-20(2,3)11-8(10(15)6-12)4-7(13(16)17)5-9(11)14(18)19/h4-5,10,15H,1-3H3. The molecule has 0 heterocycles. The van der Waals surface area contributed by atoms with E-state index in [4.69, 9.17) is 5.26 Å². The van der Waals surface area contributed by atoms with Crippen LogP contribution in [0.4, 0.5) is 11.4 Å². The van der Waals surface area contributed by atoms with E-state index in [2.05, 4.69) is 0 Å². The van der Waals surface area contributed by atoms with Crippen molar-refractivity contribution in [3.63, 3.8) is 0 Å². The van der Waals surface area contributed by atoms with Gasteiger partial charge in [-0.3, -0.25) is 20.2 Å². The first-order valence-corrected chi connectivity index (χ1v) is 9.14. The molecule has 1 unspecified atom stereocenters. The molecule has 0 aromatic heterocycles. The zero-order valence-electron chi connectivity index (χ0n) is 11.2. The zero-order valence-corrected chi connectivity index (χ0v) is 12.2. The summed E-state index contributed by atoms with van der Waals surface area (Å²) in [6.45, 7) is 5.40. The third-order valence-electron chi connectivity index (χ3n) is 2.71. The monoisotopic (exact) mass is 295 g/mol. The Balaban J connectivity index is 3.82. The van der Waals surface area contributed by atoms with Crippen LogP contribution in [0.1, 0.15) is 11.7 Å². The van der Waals surface area contributed by atoms with Crippen LogP contribution in [0.25, 0.3) is 0 Å². The van der Waals surface area contributed by atoms with Crippen molar-refractivity contribution in [3.8, 4) is 6.07 Å². The molecule has 0 fully saturated rings. The predicted molar refractivity (Wildman–Crippen MR) is 73.3 cm³/mol. The van der Waals surface area contributed by atoms with E-state index >= 15 is 0 Å². The van der Waals surface area contributed by atoms with Crippen molar-refractivity contribution >= 4 is 24.6 Å². The number of nitro benzene ring substituents is 2. The van der Waals surface area contributed by atoms with Gasteiger partial charge in [0.15, 0.2) is 6.10 Å². The van der Waals surface area contributed by atoms with Crippen LogP contribution >= 0.6 is 0 Å². The Hall–Kier alpha value is -2.31. The fraction of sp³-hybridized carbons (Fsp3) is 0.364. The second-order valence-corrected chi connectivity index (χ2v) is 10.2. The van der Waals surface area contributed by atoms with Crippen LogP contribution in [0.5, 0.6) is 0 Å². The van der Waals surface area contributed by atoms with Crippen LogP contribution in [0.3, 0.4) is 0 Å². The van der Waals surface area contributed by atoms with E-state index in [1.807, 2.05) is 0 Å². The molecule has 0 aliphatic carbocycles. The number of nitro groups is 2. The highest BCUT2D eigenvalue weighted by Crippen LogP contribution is 2.27. The third-order valence-corrected chi connectivity index (χ3v) is 4.75. The maximum absolute atomic E-state index is 11.1. The molecular weight excluding hydrogens is 282 g/mol. The van der Waals surface area contributed by atoms with Crippen molar-refractivity contribution < 1.29 is 15.0 Å². The number of benzene rings is 1. The van der Waals surface area contributed by atoms with Crippen molar-refractivity contribution in [3.05, 3.63) is 37.9 Å². The van der Waals surface area contributed by atoms with E-state index in [1.54, 1.807) is 25.7 Å². The molecule has 1 N–H and O–H groups in total. The molecule has 1 aromatic rings. The minimum absolute atomic E-state index is 0.0485. The summed E-state index contributed by atoms with van der Waals surface area (Å²) >= 11 is 0. The fourth-order valence-electron chi connectivity index (χ4n) is 1.99. The Morgan fingerprint density at radius 3 is 2.15 bits per heavy atom. The first-order valence-electron chi connectivity index (χ1n) is 5.64. The number of hydrogen-bond acceptors (Lipinski definition) is 6. The van der Waals surface area contributed by atoms with Crippen LogP contribution in [-0.2, 0) is 0 Å². The lowest BCUT2D eigenvalue weighted by Gasteiger charge is -2.21. The maximum Gasteiger partial charge on any atom is 0.276 e. The number of aliphatic hydroxyl groups is 1. The first-order chi connectivity index (χ1) is 9.09. The van der Waals surface area contributed by atoms with Gasteiger partial charge in [-0.15, -0.1) is 0 Å². The lowest BCUT2D eigenvalue weighted by atomic mass is 10.1. The minimum Gasteiger partial charge on any atom is -0.374 e. The Bertz CT molecular complexity index is 618. The molecule has 1 rings (SSSR count). The van der Waals surface area contributed by atoms with E-state index < -0.39 is 35.4 Å². The fourth-order valence-corrected chi connectivity index (χ4v) is 3.99. The maximum atomic E-state index is 11.1. The lowest BCUT2D eigenvalue weighted by Crippen LogP contribution is -2.42. The van der Waals surface area contributed by atoms with Gasteiger partial charge in [0.25, 0.3) is 11.4 Å². The molecule has 0 aliphatic heterocycles. The number of rotatable bonds is 4. The number of nitrogens with zero attached hydrogens (tertiary/aromatic N) is 3. The van der Waals surface area contributed by atoms with E-state index in [9.17, 15) is 25.3 Å². The van der Waals surface area contributed by atoms with Crippen LogP contribution in [-0.4, -0.2) is 23.0 Å². The molecule has 0 radical (unpaired) electrons. The molecule has 0 saturated carbocycles. The summed E-state index contributed by atoms with van der Waals surface area (Å²) in [4.78, 5) is 20.5. The van der Waals surface area contributed by atoms with E-state index in [0.717, 1.165) is 12.1 Å². The molecule has 9 heteroatoms. The molecular formula is C11H13N3O5Si. The summed E-state index contributed by atoms with van der Waals surface area (Å²) < 4.78 is 0. The summed E-state index contributed by atoms with van der Waals surface area (Å²) in [5.41, 5.74) is -0.974. The Kier molecular flexibility index (Phi) is 4.22. The molecule has 0 aliphatic rings. The van der Waals surface area contributed by atoms with Crippen molar-refractivity contribution in [2.75, 3.05) is 0 Å². The predicted octanol–water partition coefficient (Wildman–Crippen LogP) is 1.61. The highest BCUT2D eigenvalue weighted by Gasteiger charge is 2.34. The summed E-state index contributed by atoms with van der Waals surface area (Å²) in [5.74, 6) is 0. The van der Waals surface area contributed by atoms with Crippen molar-refractivity contribution in [1.82, 2.24) is 0 Å². The van der Waals surface area contributed by atoms with Crippen molar-refractivity contribution in [2.24, 2.45) is 0 Å². The number of aliphatic hydroxyl groups excluding tert-OH is 1. The Morgan fingerprint density at radius 2 is 1.80 bits per heavy atom. The molecule has 8 nitrogen and oxygen atoms in total. The molecule has 0 bridgehead atoms.